The van der Waals surface area contributed by atoms with Crippen LogP contribution in [0.1, 0.15) is 51.3 Å². The summed E-state index contributed by atoms with van der Waals surface area (Å²) in [6.07, 6.45) is -0.0315. The first-order valence-corrected chi connectivity index (χ1v) is 10.0. The van der Waals surface area contributed by atoms with Crippen molar-refractivity contribution in [3.05, 3.63) is 53.6 Å². The van der Waals surface area contributed by atoms with Crippen LogP contribution in [0.5, 0.6) is 0 Å². The average Bonchev–Trinajstić information content (AvgIpc) is 2.66. The van der Waals surface area contributed by atoms with E-state index in [-0.39, 0.29) is 24.1 Å². The van der Waals surface area contributed by atoms with E-state index >= 15 is 0 Å². The molecule has 3 N–H and O–H groups in total. The SMILES string of the molecule is CC(=O)N1c2ccc(-c3cccc(CN)c3)cc2[C@H](NC(=O)OC(C)C)C[C@@H]1C. The monoisotopic (exact) mass is 395 g/mol. The molecule has 2 atom stereocenters. The zero-order valence-electron chi connectivity index (χ0n) is 17.4. The fourth-order valence-corrected chi connectivity index (χ4v) is 3.93. The van der Waals surface area contributed by atoms with E-state index in [4.69, 9.17) is 10.5 Å². The van der Waals surface area contributed by atoms with Gasteiger partial charge in [-0.2, -0.15) is 0 Å². The van der Waals surface area contributed by atoms with E-state index in [2.05, 4.69) is 11.4 Å². The second-order valence-corrected chi connectivity index (χ2v) is 7.80. The summed E-state index contributed by atoms with van der Waals surface area (Å²) in [4.78, 5) is 26.3. The molecule has 0 radical (unpaired) electrons. The van der Waals surface area contributed by atoms with E-state index in [0.29, 0.717) is 13.0 Å². The van der Waals surface area contributed by atoms with Crippen LogP contribution >= 0.6 is 0 Å². The molecule has 2 amide bonds. The Morgan fingerprint density at radius 1 is 1.21 bits per heavy atom. The van der Waals surface area contributed by atoms with Crippen LogP contribution in [-0.2, 0) is 16.1 Å². The Hall–Kier alpha value is -2.86. The van der Waals surface area contributed by atoms with Crippen LogP contribution in [0.25, 0.3) is 11.1 Å². The van der Waals surface area contributed by atoms with Gasteiger partial charge in [-0.1, -0.05) is 24.3 Å². The number of carbonyl (C=O) groups excluding carboxylic acids is 2. The normalized spacial score (nSPS) is 18.3. The van der Waals surface area contributed by atoms with Crippen molar-refractivity contribution in [2.45, 2.75) is 58.8 Å². The Labute approximate surface area is 172 Å². The Morgan fingerprint density at radius 3 is 2.59 bits per heavy atom. The summed E-state index contributed by atoms with van der Waals surface area (Å²) in [6, 6.07) is 13.8. The molecule has 0 unspecified atom stereocenters. The molecule has 0 fully saturated rings. The molecule has 0 spiro atoms. The molecule has 1 aliphatic heterocycles. The molecule has 2 aromatic rings. The number of carbonyl (C=O) groups is 2. The van der Waals surface area contributed by atoms with Crippen molar-refractivity contribution in [2.75, 3.05) is 4.90 Å². The van der Waals surface area contributed by atoms with Crippen LogP contribution in [0.3, 0.4) is 0 Å². The molecule has 3 rings (SSSR count). The smallest absolute Gasteiger partial charge is 0.407 e. The number of amides is 2. The fraction of sp³-hybridized carbons (Fsp3) is 0.391. The molecule has 0 bridgehead atoms. The van der Waals surface area contributed by atoms with Gasteiger partial charge in [-0.25, -0.2) is 4.79 Å². The summed E-state index contributed by atoms with van der Waals surface area (Å²) in [5.74, 6) is -0.0140. The van der Waals surface area contributed by atoms with Crippen molar-refractivity contribution in [3.8, 4) is 11.1 Å². The van der Waals surface area contributed by atoms with Crippen molar-refractivity contribution >= 4 is 17.7 Å². The van der Waals surface area contributed by atoms with Gasteiger partial charge in [0.25, 0.3) is 0 Å². The molecule has 0 aliphatic carbocycles. The lowest BCUT2D eigenvalue weighted by molar-refractivity contribution is -0.117. The highest BCUT2D eigenvalue weighted by Crippen LogP contribution is 2.39. The Bertz CT molecular complexity index is 910. The predicted molar refractivity (Wildman–Crippen MR) is 115 cm³/mol. The second kappa shape index (κ2) is 8.66. The van der Waals surface area contributed by atoms with Gasteiger partial charge in [0.15, 0.2) is 0 Å². The Balaban J connectivity index is 2.03. The molecule has 6 heteroatoms. The van der Waals surface area contributed by atoms with E-state index in [1.807, 2.05) is 57.2 Å². The van der Waals surface area contributed by atoms with Crippen LogP contribution in [0, 0.1) is 0 Å². The molecule has 0 aromatic heterocycles. The van der Waals surface area contributed by atoms with Crippen LogP contribution in [0.4, 0.5) is 10.5 Å². The van der Waals surface area contributed by atoms with Gasteiger partial charge in [0.05, 0.1) is 12.1 Å². The van der Waals surface area contributed by atoms with Crippen molar-refractivity contribution in [3.63, 3.8) is 0 Å². The number of hydrogen-bond acceptors (Lipinski definition) is 4. The first-order chi connectivity index (χ1) is 13.8. The van der Waals surface area contributed by atoms with E-state index in [0.717, 1.165) is 27.9 Å². The van der Waals surface area contributed by atoms with E-state index in [1.54, 1.807) is 11.8 Å². The zero-order valence-corrected chi connectivity index (χ0v) is 17.4. The predicted octanol–water partition coefficient (Wildman–Crippen LogP) is 4.13. The van der Waals surface area contributed by atoms with Crippen LogP contribution in [-0.4, -0.2) is 24.1 Å². The van der Waals surface area contributed by atoms with Gasteiger partial charge in [-0.3, -0.25) is 4.79 Å². The maximum atomic E-state index is 12.3. The quantitative estimate of drug-likeness (QED) is 0.815. The second-order valence-electron chi connectivity index (χ2n) is 7.80. The zero-order chi connectivity index (χ0) is 21.1. The first kappa shape index (κ1) is 20.9. The summed E-state index contributed by atoms with van der Waals surface area (Å²) in [5, 5.41) is 2.98. The van der Waals surface area contributed by atoms with Gasteiger partial charge >= 0.3 is 6.09 Å². The molecular formula is C23H29N3O3. The standard InChI is InChI=1S/C23H29N3O3/c1-14(2)29-23(28)25-21-10-15(3)26(16(4)27)22-9-8-19(12-20(21)22)18-7-5-6-17(11-18)13-24/h5-9,11-12,14-15,21H,10,13,24H2,1-4H3,(H,25,28)/t15-,21+/m0/s1. The average molecular weight is 396 g/mol. The highest BCUT2D eigenvalue weighted by molar-refractivity contribution is 5.94. The summed E-state index contributed by atoms with van der Waals surface area (Å²) in [7, 11) is 0. The molecule has 6 nitrogen and oxygen atoms in total. The van der Waals surface area contributed by atoms with E-state index in [9.17, 15) is 9.59 Å². The fourth-order valence-electron chi connectivity index (χ4n) is 3.93. The number of anilines is 1. The number of alkyl carbamates (subject to hydrolysis) is 1. The molecular weight excluding hydrogens is 366 g/mol. The minimum absolute atomic E-state index is 0.0140. The lowest BCUT2D eigenvalue weighted by Gasteiger charge is -2.39. The van der Waals surface area contributed by atoms with Gasteiger partial charge in [-0.15, -0.1) is 0 Å². The molecule has 154 valence electrons. The minimum atomic E-state index is -0.449. The number of nitrogens with two attached hydrogens (primary N) is 1. The van der Waals surface area contributed by atoms with Gasteiger partial charge in [0.2, 0.25) is 5.91 Å². The number of nitrogens with zero attached hydrogens (tertiary/aromatic N) is 1. The third kappa shape index (κ3) is 4.59. The maximum Gasteiger partial charge on any atom is 0.407 e. The number of fused-ring (bicyclic) bond motifs is 1. The molecule has 0 saturated heterocycles. The summed E-state index contributed by atoms with van der Waals surface area (Å²) in [5.41, 5.74) is 10.6. The van der Waals surface area contributed by atoms with Gasteiger partial charge < -0.3 is 20.7 Å². The number of nitrogens with one attached hydrogen (secondary N) is 1. The van der Waals surface area contributed by atoms with Crippen molar-refractivity contribution in [2.24, 2.45) is 5.73 Å². The largest absolute Gasteiger partial charge is 0.447 e. The third-order valence-electron chi connectivity index (χ3n) is 5.15. The van der Waals surface area contributed by atoms with Gasteiger partial charge in [0.1, 0.15) is 0 Å². The van der Waals surface area contributed by atoms with Gasteiger partial charge in [0, 0.05) is 25.2 Å². The summed E-state index contributed by atoms with van der Waals surface area (Å²) >= 11 is 0. The van der Waals surface area contributed by atoms with E-state index in [1.165, 1.54) is 0 Å². The highest BCUT2D eigenvalue weighted by Gasteiger charge is 2.33. The lowest BCUT2D eigenvalue weighted by atomic mass is 9.89. The molecule has 1 aliphatic rings. The van der Waals surface area contributed by atoms with E-state index < -0.39 is 6.09 Å². The minimum Gasteiger partial charge on any atom is -0.447 e. The van der Waals surface area contributed by atoms with Crippen LogP contribution < -0.4 is 16.0 Å². The molecule has 1 heterocycles. The van der Waals surface area contributed by atoms with Crippen LogP contribution in [0.2, 0.25) is 0 Å². The maximum absolute atomic E-state index is 12.3. The Morgan fingerprint density at radius 2 is 1.93 bits per heavy atom. The molecule has 2 aromatic carbocycles. The van der Waals surface area contributed by atoms with Crippen LogP contribution in [0.15, 0.2) is 42.5 Å². The summed E-state index contributed by atoms with van der Waals surface area (Å²) < 4.78 is 5.28. The number of rotatable bonds is 4. The Kier molecular flexibility index (Phi) is 6.23. The lowest BCUT2D eigenvalue weighted by Crippen LogP contribution is -2.45. The first-order valence-electron chi connectivity index (χ1n) is 10.0. The van der Waals surface area contributed by atoms with Gasteiger partial charge in [-0.05, 0) is 67.6 Å². The number of benzene rings is 2. The topological polar surface area (TPSA) is 84.7 Å². The summed E-state index contributed by atoms with van der Waals surface area (Å²) in [6.45, 7) is 7.67. The number of hydrogen-bond donors (Lipinski definition) is 2. The highest BCUT2D eigenvalue weighted by atomic mass is 16.6. The van der Waals surface area contributed by atoms with Crippen molar-refractivity contribution in [1.82, 2.24) is 5.32 Å². The number of ether oxygens (including phenoxy) is 1. The molecule has 0 saturated carbocycles. The van der Waals surface area contributed by atoms with Crippen molar-refractivity contribution < 1.29 is 14.3 Å². The van der Waals surface area contributed by atoms with Crippen molar-refractivity contribution in [1.29, 1.82) is 0 Å². The third-order valence-corrected chi connectivity index (χ3v) is 5.15. The molecule has 29 heavy (non-hydrogen) atoms.